The number of fused-ring (bicyclic) bond motifs is 1. The third-order valence-corrected chi connectivity index (χ3v) is 5.66. The number of hydrogen-bond donors (Lipinski definition) is 1. The highest BCUT2D eigenvalue weighted by atomic mass is 32.1. The van der Waals surface area contributed by atoms with E-state index < -0.39 is 0 Å². The predicted octanol–water partition coefficient (Wildman–Crippen LogP) is 4.02. The molecule has 1 fully saturated rings. The topological polar surface area (TPSA) is 46.3 Å². The molecule has 1 saturated heterocycles. The van der Waals surface area contributed by atoms with Crippen LogP contribution in [-0.2, 0) is 4.79 Å². The third-order valence-electron chi connectivity index (χ3n) is 4.49. The molecule has 1 amide bonds. The smallest absolute Gasteiger partial charge is 0.240 e. The van der Waals surface area contributed by atoms with E-state index in [0.29, 0.717) is 0 Å². The van der Waals surface area contributed by atoms with Gasteiger partial charge in [0.05, 0.1) is 0 Å². The van der Waals surface area contributed by atoms with Crippen LogP contribution in [0.25, 0.3) is 20.5 Å². The number of carbonyl (C=O) groups excluding carboxylic acids is 1. The molecule has 0 radical (unpaired) electrons. The zero-order valence-electron chi connectivity index (χ0n) is 12.7. The molecule has 3 nitrogen and oxygen atoms in total. The van der Waals surface area contributed by atoms with Gasteiger partial charge in [-0.3, -0.25) is 4.79 Å². The maximum absolute atomic E-state index is 11.6. The van der Waals surface area contributed by atoms with E-state index in [1.54, 1.807) is 11.3 Å². The van der Waals surface area contributed by atoms with Crippen LogP contribution in [0.1, 0.15) is 12.8 Å². The van der Waals surface area contributed by atoms with E-state index >= 15 is 0 Å². The molecule has 0 unspecified atom stereocenters. The summed E-state index contributed by atoms with van der Waals surface area (Å²) in [6.07, 6.45) is 1.87. The average molecular weight is 322 g/mol. The maximum atomic E-state index is 11.6. The summed E-state index contributed by atoms with van der Waals surface area (Å²) in [7, 11) is 0. The highest BCUT2D eigenvalue weighted by Crippen LogP contribution is 2.35. The number of nitrogens with zero attached hydrogens (tertiary/aromatic N) is 1. The highest BCUT2D eigenvalue weighted by Gasteiger charge is 2.28. The first kappa shape index (κ1) is 14.3. The molecule has 2 aromatic carbocycles. The molecular weight excluding hydrogens is 304 g/mol. The molecule has 3 aromatic rings. The van der Waals surface area contributed by atoms with Crippen molar-refractivity contribution in [1.82, 2.24) is 0 Å². The molecular formula is C19H18N2OS. The molecule has 0 aliphatic carbocycles. The van der Waals surface area contributed by atoms with Gasteiger partial charge in [-0.1, -0.05) is 30.3 Å². The zero-order valence-corrected chi connectivity index (χ0v) is 13.6. The van der Waals surface area contributed by atoms with Gasteiger partial charge in [-0.25, -0.2) is 0 Å². The maximum Gasteiger partial charge on any atom is 0.240 e. The van der Waals surface area contributed by atoms with Gasteiger partial charge in [0.1, 0.15) is 6.04 Å². The number of rotatable bonds is 3. The van der Waals surface area contributed by atoms with Crippen molar-refractivity contribution >= 4 is 33.0 Å². The Morgan fingerprint density at radius 2 is 1.91 bits per heavy atom. The van der Waals surface area contributed by atoms with Crippen molar-refractivity contribution in [1.29, 1.82) is 0 Å². The Morgan fingerprint density at radius 3 is 2.65 bits per heavy atom. The lowest BCUT2D eigenvalue weighted by Crippen LogP contribution is -2.40. The lowest BCUT2D eigenvalue weighted by atomic mass is 10.1. The third kappa shape index (κ3) is 2.59. The fourth-order valence-corrected chi connectivity index (χ4v) is 4.38. The zero-order chi connectivity index (χ0) is 15.8. The fourth-order valence-electron chi connectivity index (χ4n) is 3.31. The Bertz CT molecular complexity index is 820. The minimum absolute atomic E-state index is 0.162. The van der Waals surface area contributed by atoms with Crippen LogP contribution in [0.4, 0.5) is 5.69 Å². The van der Waals surface area contributed by atoms with Crippen molar-refractivity contribution in [3.63, 3.8) is 0 Å². The van der Waals surface area contributed by atoms with Crippen LogP contribution >= 0.6 is 11.3 Å². The minimum Gasteiger partial charge on any atom is -0.368 e. The second kappa shape index (κ2) is 5.70. The summed E-state index contributed by atoms with van der Waals surface area (Å²) in [5, 5.41) is 1.28. The Hall–Kier alpha value is -2.33. The van der Waals surface area contributed by atoms with E-state index in [0.717, 1.165) is 25.1 Å². The van der Waals surface area contributed by atoms with Gasteiger partial charge in [-0.2, -0.15) is 0 Å². The first-order valence-corrected chi connectivity index (χ1v) is 8.69. The normalized spacial score (nSPS) is 17.7. The second-order valence-electron chi connectivity index (χ2n) is 5.95. The molecule has 0 spiro atoms. The van der Waals surface area contributed by atoms with Gasteiger partial charge in [-0.05, 0) is 48.1 Å². The highest BCUT2D eigenvalue weighted by molar-refractivity contribution is 7.22. The standard InChI is InChI=1S/C19H18N2OS/c20-19(22)16-5-3-11-21(16)15-9-7-13(8-10-15)18-12-14-4-1-2-6-17(14)23-18/h1-2,4,6-10,12,16H,3,5,11H2,(H2,20,22)/t16-/m1/s1. The van der Waals surface area contributed by atoms with Crippen LogP contribution < -0.4 is 10.6 Å². The average Bonchev–Trinajstić information content (AvgIpc) is 3.22. The lowest BCUT2D eigenvalue weighted by Gasteiger charge is -2.24. The van der Waals surface area contributed by atoms with Crippen molar-refractivity contribution in [3.05, 3.63) is 54.6 Å². The number of carbonyl (C=O) groups is 1. The van der Waals surface area contributed by atoms with Gasteiger partial charge in [0.25, 0.3) is 0 Å². The largest absolute Gasteiger partial charge is 0.368 e. The fraction of sp³-hybridized carbons (Fsp3) is 0.211. The van der Waals surface area contributed by atoms with E-state index in [-0.39, 0.29) is 11.9 Å². The van der Waals surface area contributed by atoms with Crippen LogP contribution in [-0.4, -0.2) is 18.5 Å². The molecule has 2 N–H and O–H groups in total. The van der Waals surface area contributed by atoms with E-state index in [1.165, 1.54) is 20.5 Å². The van der Waals surface area contributed by atoms with Crippen molar-refractivity contribution in [2.45, 2.75) is 18.9 Å². The first-order chi connectivity index (χ1) is 11.2. The summed E-state index contributed by atoms with van der Waals surface area (Å²) in [5.41, 5.74) is 7.80. The summed E-state index contributed by atoms with van der Waals surface area (Å²) < 4.78 is 1.31. The first-order valence-electron chi connectivity index (χ1n) is 7.87. The predicted molar refractivity (Wildman–Crippen MR) is 96.8 cm³/mol. The Balaban J connectivity index is 1.64. The van der Waals surface area contributed by atoms with E-state index in [2.05, 4.69) is 59.5 Å². The summed E-state index contributed by atoms with van der Waals surface area (Å²) >= 11 is 1.81. The number of hydrogen-bond acceptors (Lipinski definition) is 3. The van der Waals surface area contributed by atoms with Crippen LogP contribution in [0.2, 0.25) is 0 Å². The molecule has 2 heterocycles. The van der Waals surface area contributed by atoms with E-state index in [1.807, 2.05) is 0 Å². The quantitative estimate of drug-likeness (QED) is 0.791. The molecule has 1 aromatic heterocycles. The number of amides is 1. The molecule has 0 bridgehead atoms. The van der Waals surface area contributed by atoms with Gasteiger partial charge in [0.2, 0.25) is 5.91 Å². The van der Waals surface area contributed by atoms with Crippen molar-refractivity contribution in [2.75, 3.05) is 11.4 Å². The Morgan fingerprint density at radius 1 is 1.13 bits per heavy atom. The van der Waals surface area contributed by atoms with Gasteiger partial charge in [0, 0.05) is 21.8 Å². The van der Waals surface area contributed by atoms with Crippen LogP contribution in [0.5, 0.6) is 0 Å². The molecule has 23 heavy (non-hydrogen) atoms. The van der Waals surface area contributed by atoms with Gasteiger partial charge in [0.15, 0.2) is 0 Å². The molecule has 1 aliphatic heterocycles. The number of primary amides is 1. The second-order valence-corrected chi connectivity index (χ2v) is 7.03. The molecule has 0 saturated carbocycles. The number of thiophene rings is 1. The Kier molecular flexibility index (Phi) is 3.54. The summed E-state index contributed by atoms with van der Waals surface area (Å²) in [5.74, 6) is -0.226. The van der Waals surface area contributed by atoms with Gasteiger partial charge in [-0.15, -0.1) is 11.3 Å². The van der Waals surface area contributed by atoms with E-state index in [9.17, 15) is 4.79 Å². The molecule has 4 rings (SSSR count). The van der Waals surface area contributed by atoms with Gasteiger partial charge < -0.3 is 10.6 Å². The summed E-state index contributed by atoms with van der Waals surface area (Å²) in [6, 6.07) is 19.0. The van der Waals surface area contributed by atoms with Gasteiger partial charge >= 0.3 is 0 Å². The SMILES string of the molecule is NC(=O)[C@H]1CCCN1c1ccc(-c2cc3ccccc3s2)cc1. The van der Waals surface area contributed by atoms with Crippen molar-refractivity contribution in [3.8, 4) is 10.4 Å². The van der Waals surface area contributed by atoms with Crippen LogP contribution in [0.3, 0.4) is 0 Å². The minimum atomic E-state index is -0.226. The molecule has 1 atom stereocenters. The Labute approximate surface area is 139 Å². The molecule has 4 heteroatoms. The lowest BCUT2D eigenvalue weighted by molar-refractivity contribution is -0.119. The van der Waals surface area contributed by atoms with Crippen LogP contribution in [0.15, 0.2) is 54.6 Å². The van der Waals surface area contributed by atoms with Crippen molar-refractivity contribution in [2.24, 2.45) is 5.73 Å². The number of anilines is 1. The van der Waals surface area contributed by atoms with Crippen molar-refractivity contribution < 1.29 is 4.79 Å². The molecule has 1 aliphatic rings. The summed E-state index contributed by atoms with van der Waals surface area (Å²) in [6.45, 7) is 0.899. The van der Waals surface area contributed by atoms with Crippen LogP contribution in [0, 0.1) is 0 Å². The number of benzene rings is 2. The molecule has 116 valence electrons. The monoisotopic (exact) mass is 322 g/mol. The summed E-state index contributed by atoms with van der Waals surface area (Å²) in [4.78, 5) is 14.9. The number of nitrogens with two attached hydrogens (primary N) is 1. The van der Waals surface area contributed by atoms with E-state index in [4.69, 9.17) is 5.73 Å².